The Morgan fingerprint density at radius 1 is 1.53 bits per heavy atom. The van der Waals surface area contributed by atoms with E-state index in [1.807, 2.05) is 13.8 Å². The third-order valence-electron chi connectivity index (χ3n) is 1.91. The van der Waals surface area contributed by atoms with Crippen LogP contribution in [-0.4, -0.2) is 28.5 Å². The summed E-state index contributed by atoms with van der Waals surface area (Å²) in [5, 5.41) is 5.99. The fourth-order valence-electron chi connectivity index (χ4n) is 1.20. The van der Waals surface area contributed by atoms with E-state index in [4.69, 9.17) is 17.3 Å². The summed E-state index contributed by atoms with van der Waals surface area (Å²) in [5.74, 6) is 0.637. The smallest absolute Gasteiger partial charge is 0.221 e. The quantitative estimate of drug-likeness (QED) is 0.733. The van der Waals surface area contributed by atoms with Crippen LogP contribution in [0.25, 0.3) is 0 Å². The predicted octanol–water partition coefficient (Wildman–Crippen LogP) is 1.04. The molecule has 4 N–H and O–H groups in total. The van der Waals surface area contributed by atoms with Crippen LogP contribution in [0, 0.1) is 0 Å². The molecule has 0 aliphatic carbocycles. The Balaban J connectivity index is 2.41. The number of halogens is 1. The minimum atomic E-state index is -0.0225. The highest BCUT2D eigenvalue weighted by Crippen LogP contribution is 2.22. The first-order chi connectivity index (χ1) is 8.00. The number of nitrogens with zero attached hydrogens (tertiary/aromatic N) is 2. The maximum absolute atomic E-state index is 11.4. The van der Waals surface area contributed by atoms with E-state index in [1.165, 1.54) is 6.33 Å². The van der Waals surface area contributed by atoms with Crippen LogP contribution in [0.3, 0.4) is 0 Å². The maximum Gasteiger partial charge on any atom is 0.221 e. The average Bonchev–Trinajstić information content (AvgIpc) is 2.23. The summed E-state index contributed by atoms with van der Waals surface area (Å²) in [6, 6.07) is 0.140. The van der Waals surface area contributed by atoms with Crippen LogP contribution in [-0.2, 0) is 4.79 Å². The van der Waals surface area contributed by atoms with Gasteiger partial charge >= 0.3 is 0 Å². The average molecular weight is 258 g/mol. The molecule has 0 aromatic carbocycles. The molecule has 0 unspecified atom stereocenters. The Bertz CT molecular complexity index is 396. The topological polar surface area (TPSA) is 92.9 Å². The molecule has 1 amide bonds. The summed E-state index contributed by atoms with van der Waals surface area (Å²) >= 11 is 5.88. The number of aromatic nitrogens is 2. The zero-order valence-corrected chi connectivity index (χ0v) is 10.6. The van der Waals surface area contributed by atoms with Crippen LogP contribution >= 0.6 is 11.6 Å². The fraction of sp³-hybridized carbons (Fsp3) is 0.500. The van der Waals surface area contributed by atoms with Crippen molar-refractivity contribution in [3.05, 3.63) is 11.3 Å². The number of hydrogen-bond donors (Lipinski definition) is 3. The van der Waals surface area contributed by atoms with Crippen molar-refractivity contribution in [1.29, 1.82) is 0 Å². The second-order valence-electron chi connectivity index (χ2n) is 3.82. The fourth-order valence-corrected chi connectivity index (χ4v) is 1.36. The lowest BCUT2D eigenvalue weighted by molar-refractivity contribution is -0.121. The van der Waals surface area contributed by atoms with Crippen LogP contribution in [0.2, 0.25) is 5.02 Å². The number of rotatable bonds is 5. The molecule has 0 bridgehead atoms. The molecule has 0 atom stereocenters. The van der Waals surface area contributed by atoms with Gasteiger partial charge in [0.15, 0.2) is 0 Å². The molecule has 1 aromatic rings. The summed E-state index contributed by atoms with van der Waals surface area (Å²) < 4.78 is 0. The van der Waals surface area contributed by atoms with Crippen molar-refractivity contribution in [3.63, 3.8) is 0 Å². The molecule has 17 heavy (non-hydrogen) atoms. The number of carbonyl (C=O) groups is 1. The van der Waals surface area contributed by atoms with Crippen LogP contribution in [0.4, 0.5) is 11.6 Å². The van der Waals surface area contributed by atoms with Gasteiger partial charge in [-0.15, -0.1) is 0 Å². The SMILES string of the molecule is CC(C)NC(=O)CCNc1ncnc(N)c1Cl. The molecule has 6 nitrogen and oxygen atoms in total. The predicted molar refractivity (Wildman–Crippen MR) is 67.8 cm³/mol. The summed E-state index contributed by atoms with van der Waals surface area (Å²) in [6.07, 6.45) is 1.66. The van der Waals surface area contributed by atoms with Gasteiger partial charge in [-0.3, -0.25) is 4.79 Å². The molecule has 1 aromatic heterocycles. The second-order valence-corrected chi connectivity index (χ2v) is 4.20. The largest absolute Gasteiger partial charge is 0.382 e. The summed E-state index contributed by atoms with van der Waals surface area (Å²) in [4.78, 5) is 19.0. The van der Waals surface area contributed by atoms with Crippen molar-refractivity contribution in [1.82, 2.24) is 15.3 Å². The van der Waals surface area contributed by atoms with Crippen LogP contribution in [0.1, 0.15) is 20.3 Å². The molecule has 0 saturated heterocycles. The first-order valence-corrected chi connectivity index (χ1v) is 5.67. The van der Waals surface area contributed by atoms with Gasteiger partial charge in [-0.2, -0.15) is 0 Å². The number of anilines is 2. The number of nitrogens with one attached hydrogen (secondary N) is 2. The molecule has 1 rings (SSSR count). The Morgan fingerprint density at radius 2 is 2.24 bits per heavy atom. The van der Waals surface area contributed by atoms with Crippen molar-refractivity contribution in [2.24, 2.45) is 0 Å². The van der Waals surface area contributed by atoms with E-state index in [2.05, 4.69) is 20.6 Å². The molecule has 94 valence electrons. The lowest BCUT2D eigenvalue weighted by Crippen LogP contribution is -2.31. The van der Waals surface area contributed by atoms with Crippen molar-refractivity contribution in [2.45, 2.75) is 26.3 Å². The first kappa shape index (κ1) is 13.5. The standard InChI is InChI=1S/C10H16ClN5O/c1-6(2)16-7(17)3-4-13-10-8(11)9(12)14-5-15-10/h5-6H,3-4H2,1-2H3,(H,16,17)(H3,12,13,14,15). The lowest BCUT2D eigenvalue weighted by atomic mass is 10.3. The van der Waals surface area contributed by atoms with Gasteiger partial charge in [0.1, 0.15) is 23.0 Å². The van der Waals surface area contributed by atoms with E-state index in [1.54, 1.807) is 0 Å². The van der Waals surface area contributed by atoms with Crippen molar-refractivity contribution >= 4 is 29.1 Å². The maximum atomic E-state index is 11.4. The van der Waals surface area contributed by atoms with Gasteiger partial charge in [0.05, 0.1) is 0 Å². The van der Waals surface area contributed by atoms with Crippen LogP contribution in [0.5, 0.6) is 0 Å². The molecule has 0 radical (unpaired) electrons. The molecule has 0 spiro atoms. The Labute approximate surface area is 105 Å². The van der Waals surface area contributed by atoms with Crippen LogP contribution < -0.4 is 16.4 Å². The third-order valence-corrected chi connectivity index (χ3v) is 2.28. The molecule has 0 aliphatic heterocycles. The van der Waals surface area contributed by atoms with E-state index < -0.39 is 0 Å². The van der Waals surface area contributed by atoms with E-state index in [-0.39, 0.29) is 22.8 Å². The molecular formula is C10H16ClN5O. The second kappa shape index (κ2) is 6.24. The minimum Gasteiger partial charge on any atom is -0.382 e. The first-order valence-electron chi connectivity index (χ1n) is 5.30. The highest BCUT2D eigenvalue weighted by atomic mass is 35.5. The molecule has 0 aliphatic rings. The summed E-state index contributed by atoms with van der Waals surface area (Å²) in [5.41, 5.74) is 5.52. The number of nitrogen functional groups attached to an aromatic ring is 1. The van der Waals surface area contributed by atoms with Gasteiger partial charge in [-0.05, 0) is 13.8 Å². The minimum absolute atomic E-state index is 0.0225. The zero-order chi connectivity index (χ0) is 12.8. The van der Waals surface area contributed by atoms with Gasteiger partial charge in [-0.25, -0.2) is 9.97 Å². The van der Waals surface area contributed by atoms with Crippen molar-refractivity contribution in [2.75, 3.05) is 17.6 Å². The van der Waals surface area contributed by atoms with Crippen molar-refractivity contribution in [3.8, 4) is 0 Å². The Kier molecular flexibility index (Phi) is 4.96. The number of hydrogen-bond acceptors (Lipinski definition) is 5. The molecule has 7 heteroatoms. The molecule has 0 saturated carbocycles. The van der Waals surface area contributed by atoms with E-state index in [0.717, 1.165) is 0 Å². The number of nitrogens with two attached hydrogens (primary N) is 1. The lowest BCUT2D eigenvalue weighted by Gasteiger charge is -2.10. The highest BCUT2D eigenvalue weighted by Gasteiger charge is 2.07. The van der Waals surface area contributed by atoms with Gasteiger partial charge in [0.2, 0.25) is 5.91 Å². The highest BCUT2D eigenvalue weighted by molar-refractivity contribution is 6.35. The van der Waals surface area contributed by atoms with E-state index in [0.29, 0.717) is 18.8 Å². The normalized spacial score (nSPS) is 10.4. The number of carbonyl (C=O) groups excluding carboxylic acids is 1. The van der Waals surface area contributed by atoms with Gasteiger partial charge in [0, 0.05) is 19.0 Å². The van der Waals surface area contributed by atoms with Gasteiger partial charge < -0.3 is 16.4 Å². The summed E-state index contributed by atoms with van der Waals surface area (Å²) in [7, 11) is 0. The number of amides is 1. The third kappa shape index (κ3) is 4.44. The van der Waals surface area contributed by atoms with E-state index >= 15 is 0 Å². The monoisotopic (exact) mass is 257 g/mol. The van der Waals surface area contributed by atoms with Gasteiger partial charge in [0.25, 0.3) is 0 Å². The molecule has 1 heterocycles. The van der Waals surface area contributed by atoms with Crippen LogP contribution in [0.15, 0.2) is 6.33 Å². The summed E-state index contributed by atoms with van der Waals surface area (Å²) in [6.45, 7) is 4.26. The van der Waals surface area contributed by atoms with E-state index in [9.17, 15) is 4.79 Å². The van der Waals surface area contributed by atoms with Gasteiger partial charge in [-0.1, -0.05) is 11.6 Å². The van der Waals surface area contributed by atoms with Crippen molar-refractivity contribution < 1.29 is 4.79 Å². The zero-order valence-electron chi connectivity index (χ0n) is 9.83. The molecular weight excluding hydrogens is 242 g/mol. The Morgan fingerprint density at radius 3 is 2.88 bits per heavy atom. The Hall–Kier alpha value is -1.56. The molecule has 0 fully saturated rings.